The van der Waals surface area contributed by atoms with Gasteiger partial charge in [-0.05, 0) is 31.3 Å². The molecule has 142 valence electrons. The van der Waals surface area contributed by atoms with Gasteiger partial charge in [0.2, 0.25) is 0 Å². The molecule has 0 amide bonds. The largest absolute Gasteiger partial charge is 0.497 e. The molecule has 0 spiro atoms. The van der Waals surface area contributed by atoms with Crippen LogP contribution >= 0.6 is 0 Å². The molecule has 0 aliphatic heterocycles. The maximum Gasteiger partial charge on any atom is 0.119 e. The van der Waals surface area contributed by atoms with E-state index in [2.05, 4.69) is 0 Å². The van der Waals surface area contributed by atoms with Gasteiger partial charge in [0.15, 0.2) is 0 Å². The zero-order chi connectivity index (χ0) is 19.2. The number of aliphatic hydroxyl groups is 2. The van der Waals surface area contributed by atoms with Gasteiger partial charge in [-0.1, -0.05) is 30.3 Å². The fourth-order valence-electron chi connectivity index (χ4n) is 3.02. The molecular formula is C21H25N3O3. The number of aliphatic hydroxyl groups excluding tert-OH is 2. The standard InChI is InChI=1S/C21H25N3O3/c1-23(14-19(26)15-25)12-17-13-24(18-8-4-3-5-9-18)22-21(17)16-7-6-10-20(11-16)27-2/h3-11,13,19,25-26H,12,14-15H2,1-2H3/t19-/m1/s1. The predicted octanol–water partition coefficient (Wildman–Crippen LogP) is 2.33. The van der Waals surface area contributed by atoms with Crippen molar-refractivity contribution in [3.05, 3.63) is 66.4 Å². The normalized spacial score (nSPS) is 12.3. The number of hydrogen-bond acceptors (Lipinski definition) is 5. The third-order valence-corrected chi connectivity index (χ3v) is 4.33. The van der Waals surface area contributed by atoms with Crippen LogP contribution in [0.1, 0.15) is 5.56 Å². The second-order valence-corrected chi connectivity index (χ2v) is 6.55. The highest BCUT2D eigenvalue weighted by Gasteiger charge is 2.16. The van der Waals surface area contributed by atoms with Gasteiger partial charge in [0.1, 0.15) is 5.75 Å². The van der Waals surface area contributed by atoms with E-state index in [9.17, 15) is 5.11 Å². The summed E-state index contributed by atoms with van der Waals surface area (Å²) >= 11 is 0. The summed E-state index contributed by atoms with van der Waals surface area (Å²) in [4.78, 5) is 1.97. The average molecular weight is 367 g/mol. The number of aromatic nitrogens is 2. The molecule has 0 aliphatic rings. The summed E-state index contributed by atoms with van der Waals surface area (Å²) in [6, 6.07) is 17.8. The molecule has 27 heavy (non-hydrogen) atoms. The van der Waals surface area contributed by atoms with Crippen molar-refractivity contribution in [1.29, 1.82) is 0 Å². The van der Waals surface area contributed by atoms with E-state index in [0.717, 1.165) is 28.3 Å². The number of methoxy groups -OCH3 is 1. The average Bonchev–Trinajstić information content (AvgIpc) is 3.12. The molecular weight excluding hydrogens is 342 g/mol. The minimum Gasteiger partial charge on any atom is -0.497 e. The molecule has 6 nitrogen and oxygen atoms in total. The first kappa shape index (κ1) is 19.1. The van der Waals surface area contributed by atoms with Crippen molar-refractivity contribution in [1.82, 2.24) is 14.7 Å². The van der Waals surface area contributed by atoms with Crippen molar-refractivity contribution in [2.45, 2.75) is 12.6 Å². The third kappa shape index (κ3) is 4.74. The molecule has 0 unspecified atom stereocenters. The Hall–Kier alpha value is -2.67. The fourth-order valence-corrected chi connectivity index (χ4v) is 3.02. The Morgan fingerprint density at radius 1 is 1.15 bits per heavy atom. The molecule has 3 rings (SSSR count). The van der Waals surface area contributed by atoms with Gasteiger partial charge < -0.3 is 14.9 Å². The number of likely N-dealkylation sites (N-methyl/N-ethyl adjacent to an activating group) is 1. The number of para-hydroxylation sites is 1. The van der Waals surface area contributed by atoms with Gasteiger partial charge in [0, 0.05) is 30.4 Å². The highest BCUT2D eigenvalue weighted by atomic mass is 16.5. The summed E-state index contributed by atoms with van der Waals surface area (Å²) in [7, 11) is 3.56. The van der Waals surface area contributed by atoms with E-state index < -0.39 is 6.10 Å². The number of nitrogens with zero attached hydrogens (tertiary/aromatic N) is 3. The molecule has 0 aliphatic carbocycles. The molecule has 1 aromatic heterocycles. The number of ether oxygens (including phenoxy) is 1. The van der Waals surface area contributed by atoms with Crippen molar-refractivity contribution < 1.29 is 14.9 Å². The minimum atomic E-state index is -0.764. The Balaban J connectivity index is 1.97. The van der Waals surface area contributed by atoms with Gasteiger partial charge in [-0.3, -0.25) is 4.90 Å². The van der Waals surface area contributed by atoms with Crippen LogP contribution in [-0.2, 0) is 6.54 Å². The predicted molar refractivity (Wildman–Crippen MR) is 105 cm³/mol. The summed E-state index contributed by atoms with van der Waals surface area (Å²) in [5.41, 5.74) is 3.84. The van der Waals surface area contributed by atoms with Crippen molar-refractivity contribution in [2.75, 3.05) is 27.3 Å². The van der Waals surface area contributed by atoms with E-state index in [1.165, 1.54) is 0 Å². The fraction of sp³-hybridized carbons (Fsp3) is 0.286. The lowest BCUT2D eigenvalue weighted by atomic mass is 10.1. The smallest absolute Gasteiger partial charge is 0.119 e. The summed E-state index contributed by atoms with van der Waals surface area (Å²) in [5, 5.41) is 23.6. The van der Waals surface area contributed by atoms with E-state index in [0.29, 0.717) is 13.1 Å². The van der Waals surface area contributed by atoms with E-state index in [1.54, 1.807) is 7.11 Å². The number of benzene rings is 2. The first-order valence-electron chi connectivity index (χ1n) is 8.86. The molecule has 0 bridgehead atoms. The molecule has 2 aromatic carbocycles. The maximum absolute atomic E-state index is 9.72. The van der Waals surface area contributed by atoms with Crippen LogP contribution in [0.2, 0.25) is 0 Å². The second kappa shape index (κ2) is 8.81. The number of hydrogen-bond donors (Lipinski definition) is 2. The van der Waals surface area contributed by atoms with Crippen LogP contribution in [0.4, 0.5) is 0 Å². The molecule has 3 aromatic rings. The summed E-state index contributed by atoms with van der Waals surface area (Å²) in [6.07, 6.45) is 1.24. The van der Waals surface area contributed by atoms with Crippen LogP contribution in [0.5, 0.6) is 5.75 Å². The van der Waals surface area contributed by atoms with Gasteiger partial charge in [-0.15, -0.1) is 0 Å². The third-order valence-electron chi connectivity index (χ3n) is 4.33. The van der Waals surface area contributed by atoms with E-state index >= 15 is 0 Å². The SMILES string of the molecule is COc1cccc(-c2nn(-c3ccccc3)cc2CN(C)C[C@@H](O)CO)c1. The van der Waals surface area contributed by atoms with E-state index in [-0.39, 0.29) is 6.61 Å². The Morgan fingerprint density at radius 3 is 2.63 bits per heavy atom. The quantitative estimate of drug-likeness (QED) is 0.639. The maximum atomic E-state index is 9.72. The Kier molecular flexibility index (Phi) is 6.24. The zero-order valence-corrected chi connectivity index (χ0v) is 15.6. The summed E-state index contributed by atoms with van der Waals surface area (Å²) in [5.74, 6) is 0.775. The minimum absolute atomic E-state index is 0.254. The zero-order valence-electron chi connectivity index (χ0n) is 15.6. The van der Waals surface area contributed by atoms with Crippen molar-refractivity contribution in [3.8, 4) is 22.7 Å². The van der Waals surface area contributed by atoms with E-state index in [4.69, 9.17) is 14.9 Å². The molecule has 1 atom stereocenters. The Labute approximate surface area is 159 Å². The highest BCUT2D eigenvalue weighted by Crippen LogP contribution is 2.27. The first-order valence-corrected chi connectivity index (χ1v) is 8.86. The molecule has 1 heterocycles. The van der Waals surface area contributed by atoms with Crippen LogP contribution in [0, 0.1) is 0 Å². The Morgan fingerprint density at radius 2 is 1.93 bits per heavy atom. The van der Waals surface area contributed by atoms with E-state index in [1.807, 2.05) is 77.4 Å². The molecule has 0 saturated heterocycles. The highest BCUT2D eigenvalue weighted by molar-refractivity contribution is 5.65. The van der Waals surface area contributed by atoms with Crippen LogP contribution in [0.25, 0.3) is 16.9 Å². The molecule has 0 radical (unpaired) electrons. The van der Waals surface area contributed by atoms with Gasteiger partial charge in [-0.25, -0.2) is 4.68 Å². The van der Waals surface area contributed by atoms with Gasteiger partial charge in [0.25, 0.3) is 0 Å². The van der Waals surface area contributed by atoms with Gasteiger partial charge in [0.05, 0.1) is 31.2 Å². The molecule has 2 N–H and O–H groups in total. The molecule has 0 saturated carbocycles. The van der Waals surface area contributed by atoms with Gasteiger partial charge in [-0.2, -0.15) is 5.10 Å². The van der Waals surface area contributed by atoms with Gasteiger partial charge >= 0.3 is 0 Å². The second-order valence-electron chi connectivity index (χ2n) is 6.55. The lowest BCUT2D eigenvalue weighted by Crippen LogP contribution is -2.31. The van der Waals surface area contributed by atoms with Crippen molar-refractivity contribution in [3.63, 3.8) is 0 Å². The number of rotatable bonds is 8. The summed E-state index contributed by atoms with van der Waals surface area (Å²) < 4.78 is 7.21. The molecule has 6 heteroatoms. The lowest BCUT2D eigenvalue weighted by molar-refractivity contribution is 0.0648. The Bertz CT molecular complexity index is 864. The monoisotopic (exact) mass is 367 g/mol. The van der Waals surface area contributed by atoms with Crippen molar-refractivity contribution >= 4 is 0 Å². The van der Waals surface area contributed by atoms with Crippen LogP contribution < -0.4 is 4.74 Å². The van der Waals surface area contributed by atoms with Crippen LogP contribution in [0.3, 0.4) is 0 Å². The summed E-state index contributed by atoms with van der Waals surface area (Å²) in [6.45, 7) is 0.720. The topological polar surface area (TPSA) is 70.8 Å². The first-order chi connectivity index (χ1) is 13.1. The molecule has 0 fully saturated rings. The van der Waals surface area contributed by atoms with Crippen LogP contribution in [-0.4, -0.2) is 58.3 Å². The van der Waals surface area contributed by atoms with Crippen LogP contribution in [0.15, 0.2) is 60.8 Å². The lowest BCUT2D eigenvalue weighted by Gasteiger charge is -2.19. The van der Waals surface area contributed by atoms with Crippen molar-refractivity contribution in [2.24, 2.45) is 0 Å².